The highest BCUT2D eigenvalue weighted by Gasteiger charge is 2.52. The molecule has 34 heavy (non-hydrogen) atoms. The molecule has 12 heteroatoms. The number of ether oxygens (including phenoxy) is 1. The lowest BCUT2D eigenvalue weighted by Crippen LogP contribution is -2.33. The Morgan fingerprint density at radius 2 is 2.00 bits per heavy atom. The number of amides is 2. The molecule has 4 rings (SSSR count). The lowest BCUT2D eigenvalue weighted by Gasteiger charge is -2.22. The van der Waals surface area contributed by atoms with E-state index in [1.165, 1.54) is 25.3 Å². The average Bonchev–Trinajstić information content (AvgIpc) is 3.29. The molecule has 0 saturated carbocycles. The molecule has 3 atom stereocenters. The molecule has 184 valence electrons. The van der Waals surface area contributed by atoms with Crippen molar-refractivity contribution in [2.75, 3.05) is 11.9 Å². The van der Waals surface area contributed by atoms with Crippen molar-refractivity contribution in [1.29, 1.82) is 0 Å². The number of hydrogen-bond donors (Lipinski definition) is 2. The van der Waals surface area contributed by atoms with Crippen LogP contribution < -0.4 is 11.1 Å². The molecule has 0 radical (unpaired) electrons. The molecule has 2 amide bonds. The largest absolute Gasteiger partial charge is 0.414 e. The summed E-state index contributed by atoms with van der Waals surface area (Å²) >= 11 is 0. The quantitative estimate of drug-likeness (QED) is 0.495. The first kappa shape index (κ1) is 25.5. The van der Waals surface area contributed by atoms with E-state index < -0.39 is 53.7 Å². The summed E-state index contributed by atoms with van der Waals surface area (Å²) in [4.78, 5) is 24.3. The fraction of sp³-hybridized carbons (Fsp3) is 0.409. The van der Waals surface area contributed by atoms with Crippen molar-refractivity contribution in [3.63, 3.8) is 0 Å². The smallest absolute Gasteiger partial charge is 0.368 e. The van der Waals surface area contributed by atoms with Crippen molar-refractivity contribution in [2.45, 2.75) is 43.9 Å². The molecule has 2 heterocycles. The molecule has 1 aliphatic carbocycles. The predicted molar refractivity (Wildman–Crippen MR) is 109 cm³/mol. The number of anilines is 1. The number of pyridine rings is 1. The van der Waals surface area contributed by atoms with Crippen LogP contribution in [-0.4, -0.2) is 36.2 Å². The van der Waals surface area contributed by atoms with Crippen molar-refractivity contribution < 1.29 is 40.7 Å². The molecule has 1 aliphatic heterocycles. The molecule has 6 nitrogen and oxygen atoms in total. The fourth-order valence-electron chi connectivity index (χ4n) is 4.27. The van der Waals surface area contributed by atoms with Crippen LogP contribution in [0.2, 0.25) is 0 Å². The number of nitrogens with zero attached hydrogens (tertiary/aromatic N) is 1. The third-order valence-electron chi connectivity index (χ3n) is 5.88. The van der Waals surface area contributed by atoms with Crippen molar-refractivity contribution in [2.24, 2.45) is 11.7 Å². The van der Waals surface area contributed by atoms with Crippen molar-refractivity contribution >= 4 is 18.0 Å². The first-order valence-electron chi connectivity index (χ1n) is 10.2. The Morgan fingerprint density at radius 3 is 2.59 bits per heavy atom. The van der Waals surface area contributed by atoms with Gasteiger partial charge in [0.1, 0.15) is 11.5 Å². The normalized spacial score (nSPS) is 23.0. The molecule has 1 fully saturated rings. The van der Waals surface area contributed by atoms with Crippen LogP contribution in [0.5, 0.6) is 0 Å². The van der Waals surface area contributed by atoms with Crippen LogP contribution in [0.25, 0.3) is 0 Å². The zero-order valence-electron chi connectivity index (χ0n) is 17.8. The molecule has 2 aliphatic rings. The van der Waals surface area contributed by atoms with E-state index in [-0.39, 0.29) is 24.3 Å². The average molecular weight is 489 g/mol. The van der Waals surface area contributed by atoms with Gasteiger partial charge in [-0.05, 0) is 35.7 Å². The van der Waals surface area contributed by atoms with Gasteiger partial charge in [0.25, 0.3) is 11.8 Å². The molecule has 3 N–H and O–H groups in total. The van der Waals surface area contributed by atoms with E-state index in [9.17, 15) is 35.9 Å². The number of benzene rings is 1. The van der Waals surface area contributed by atoms with E-state index in [1.54, 1.807) is 6.07 Å². The highest BCUT2D eigenvalue weighted by Crippen LogP contribution is 2.49. The maximum Gasteiger partial charge on any atom is 0.414 e. The topological polar surface area (TPSA) is 94.3 Å². The number of aromatic nitrogens is 1. The molecular formula is C22H21F6N3O3. The zero-order chi connectivity index (χ0) is 25.3. The van der Waals surface area contributed by atoms with Gasteiger partial charge in [-0.15, -0.1) is 0 Å². The molecule has 1 aromatic carbocycles. The lowest BCUT2D eigenvalue weighted by atomic mass is 9.83. The summed E-state index contributed by atoms with van der Waals surface area (Å²) in [5.74, 6) is -6.44. The fourth-order valence-corrected chi connectivity index (χ4v) is 4.27. The SMILES string of the molecule is CC1C(c2ccc(F)c3c2CCC3(F)F)COC1C(F)(F)F.NC(=O)c1cc(NC=O)ccn1. The van der Waals surface area contributed by atoms with Gasteiger partial charge < -0.3 is 15.8 Å². The number of carbonyl (C=O) groups is 2. The van der Waals surface area contributed by atoms with Gasteiger partial charge in [0.2, 0.25) is 6.41 Å². The highest BCUT2D eigenvalue weighted by molar-refractivity contribution is 5.92. The van der Waals surface area contributed by atoms with Gasteiger partial charge in [-0.2, -0.15) is 13.2 Å². The number of primary amides is 1. The molecule has 2 aromatic rings. The van der Waals surface area contributed by atoms with E-state index in [1.807, 2.05) is 0 Å². The Bertz CT molecular complexity index is 1080. The number of hydrogen-bond acceptors (Lipinski definition) is 4. The summed E-state index contributed by atoms with van der Waals surface area (Å²) in [6.07, 6.45) is -5.05. The van der Waals surface area contributed by atoms with E-state index >= 15 is 0 Å². The molecule has 0 bridgehead atoms. The summed E-state index contributed by atoms with van der Waals surface area (Å²) < 4.78 is 84.7. The number of rotatable bonds is 4. The summed E-state index contributed by atoms with van der Waals surface area (Å²) in [5.41, 5.74) is 5.42. The molecule has 1 aromatic heterocycles. The van der Waals surface area contributed by atoms with Gasteiger partial charge in [0.05, 0.1) is 12.2 Å². The number of nitrogens with two attached hydrogens (primary N) is 1. The van der Waals surface area contributed by atoms with E-state index in [4.69, 9.17) is 10.5 Å². The number of fused-ring (bicyclic) bond motifs is 1. The third kappa shape index (κ3) is 5.16. The van der Waals surface area contributed by atoms with Crippen LogP contribution in [0.4, 0.5) is 32.0 Å². The summed E-state index contributed by atoms with van der Waals surface area (Å²) in [5, 5.41) is 2.37. The van der Waals surface area contributed by atoms with Gasteiger partial charge in [0, 0.05) is 30.1 Å². The van der Waals surface area contributed by atoms with E-state index in [0.717, 1.165) is 6.07 Å². The van der Waals surface area contributed by atoms with Gasteiger partial charge in [-0.1, -0.05) is 13.0 Å². The summed E-state index contributed by atoms with van der Waals surface area (Å²) in [6.45, 7) is 1.19. The summed E-state index contributed by atoms with van der Waals surface area (Å²) in [7, 11) is 0. The number of nitrogens with one attached hydrogen (secondary N) is 1. The van der Waals surface area contributed by atoms with Gasteiger partial charge in [-0.3, -0.25) is 14.6 Å². The van der Waals surface area contributed by atoms with E-state index in [2.05, 4.69) is 10.3 Å². The van der Waals surface area contributed by atoms with Gasteiger partial charge in [0.15, 0.2) is 6.10 Å². The number of carbonyl (C=O) groups excluding carboxylic acids is 2. The van der Waals surface area contributed by atoms with Crippen LogP contribution >= 0.6 is 0 Å². The maximum atomic E-state index is 13.8. The van der Waals surface area contributed by atoms with Crippen LogP contribution in [0.15, 0.2) is 30.5 Å². The van der Waals surface area contributed by atoms with Crippen LogP contribution in [0.1, 0.15) is 46.4 Å². The molecular weight excluding hydrogens is 468 g/mol. The Kier molecular flexibility index (Phi) is 7.20. The van der Waals surface area contributed by atoms with Crippen LogP contribution in [-0.2, 0) is 21.9 Å². The minimum atomic E-state index is -4.50. The lowest BCUT2D eigenvalue weighted by molar-refractivity contribution is -0.215. The standard InChI is InChI=1S/C15H14F6O.C7H7N3O2/c1-7-10(6-22-13(7)15(19,20)21)8-2-3-11(16)12-9(8)4-5-14(12,17)18;8-7(12)6-3-5(10-4-11)1-2-9-6/h2-3,7,10,13H,4-6H2,1H3;1-4H,(H2,8,12)(H,9,10,11). The summed E-state index contributed by atoms with van der Waals surface area (Å²) in [6, 6.07) is 5.19. The highest BCUT2D eigenvalue weighted by atomic mass is 19.4. The van der Waals surface area contributed by atoms with Crippen molar-refractivity contribution in [1.82, 2.24) is 4.98 Å². The minimum absolute atomic E-state index is 0.0324. The van der Waals surface area contributed by atoms with Gasteiger partial charge >= 0.3 is 6.18 Å². The third-order valence-corrected chi connectivity index (χ3v) is 5.88. The minimum Gasteiger partial charge on any atom is -0.368 e. The Hall–Kier alpha value is -3.15. The Balaban J connectivity index is 0.000000229. The first-order valence-corrected chi connectivity index (χ1v) is 10.2. The number of halogens is 6. The molecule has 1 saturated heterocycles. The van der Waals surface area contributed by atoms with E-state index in [0.29, 0.717) is 17.7 Å². The predicted octanol–water partition coefficient (Wildman–Crippen LogP) is 4.29. The van der Waals surface area contributed by atoms with Crippen LogP contribution in [0.3, 0.4) is 0 Å². The maximum absolute atomic E-state index is 13.8. The second-order valence-electron chi connectivity index (χ2n) is 8.01. The zero-order valence-corrected chi connectivity index (χ0v) is 17.8. The Morgan fingerprint density at radius 1 is 1.29 bits per heavy atom. The first-order chi connectivity index (χ1) is 15.9. The monoisotopic (exact) mass is 489 g/mol. The van der Waals surface area contributed by atoms with Crippen molar-refractivity contribution in [3.8, 4) is 0 Å². The molecule has 0 spiro atoms. The van der Waals surface area contributed by atoms with Gasteiger partial charge in [-0.25, -0.2) is 13.2 Å². The molecule has 3 unspecified atom stereocenters. The second-order valence-corrected chi connectivity index (χ2v) is 8.01. The Labute approximate surface area is 190 Å². The second kappa shape index (κ2) is 9.61. The van der Waals surface area contributed by atoms with Crippen molar-refractivity contribution in [3.05, 3.63) is 58.7 Å². The van der Waals surface area contributed by atoms with Crippen LogP contribution in [0, 0.1) is 11.7 Å². The number of alkyl halides is 5.